The van der Waals surface area contributed by atoms with Gasteiger partial charge in [-0.25, -0.2) is 4.79 Å². The Labute approximate surface area is 129 Å². The number of carbonyl (C=O) groups is 1. The van der Waals surface area contributed by atoms with Gasteiger partial charge >= 0.3 is 5.97 Å². The molecule has 118 valence electrons. The van der Waals surface area contributed by atoms with Crippen LogP contribution in [0.25, 0.3) is 0 Å². The summed E-state index contributed by atoms with van der Waals surface area (Å²) in [5.74, 6) is 2.17. The molecular formula is C19H30O2. The first kappa shape index (κ1) is 15.1. The van der Waals surface area contributed by atoms with Crippen LogP contribution in [0.3, 0.4) is 0 Å². The van der Waals surface area contributed by atoms with Crippen LogP contribution in [0.15, 0.2) is 12.2 Å². The van der Waals surface area contributed by atoms with E-state index in [4.69, 9.17) is 4.74 Å². The standard InChI is InChI=1S/C19H30O2/c1-14(2)18(20)21-19(12-5-6-13-19)17-11-7-9-15-8-3-4-10-16(15)17/h15-17H,1,3-13H2,2H3. The minimum atomic E-state index is -0.158. The molecule has 0 radical (unpaired) electrons. The Morgan fingerprint density at radius 3 is 2.38 bits per heavy atom. The fourth-order valence-corrected chi connectivity index (χ4v) is 5.39. The lowest BCUT2D eigenvalue weighted by Crippen LogP contribution is -2.48. The molecule has 3 rings (SSSR count). The molecule has 0 saturated heterocycles. The fourth-order valence-electron chi connectivity index (χ4n) is 5.39. The van der Waals surface area contributed by atoms with Crippen LogP contribution >= 0.6 is 0 Å². The molecule has 0 spiro atoms. The average molecular weight is 290 g/mol. The van der Waals surface area contributed by atoms with Gasteiger partial charge in [-0.15, -0.1) is 0 Å². The lowest BCUT2D eigenvalue weighted by Gasteiger charge is -2.49. The quantitative estimate of drug-likeness (QED) is 0.538. The highest BCUT2D eigenvalue weighted by atomic mass is 16.6. The van der Waals surface area contributed by atoms with Gasteiger partial charge in [0.15, 0.2) is 0 Å². The van der Waals surface area contributed by atoms with E-state index in [0.717, 1.165) is 24.7 Å². The number of esters is 1. The van der Waals surface area contributed by atoms with Gasteiger partial charge in [0.05, 0.1) is 0 Å². The Morgan fingerprint density at radius 2 is 1.67 bits per heavy atom. The molecule has 3 aliphatic carbocycles. The molecule has 3 unspecified atom stereocenters. The molecule has 0 N–H and O–H groups in total. The molecule has 0 amide bonds. The predicted octanol–water partition coefficient (Wildman–Crippen LogP) is 5.03. The molecule has 2 nitrogen and oxygen atoms in total. The molecule has 0 aromatic heterocycles. The Balaban J connectivity index is 1.82. The lowest BCUT2D eigenvalue weighted by molar-refractivity contribution is -0.168. The van der Waals surface area contributed by atoms with Crippen molar-refractivity contribution in [3.63, 3.8) is 0 Å². The average Bonchev–Trinajstić information content (AvgIpc) is 2.96. The maximum Gasteiger partial charge on any atom is 0.333 e. The molecule has 0 bridgehead atoms. The molecular weight excluding hydrogens is 260 g/mol. The topological polar surface area (TPSA) is 26.3 Å². The van der Waals surface area contributed by atoms with Gasteiger partial charge in [0.2, 0.25) is 0 Å². The second-order valence-corrected chi connectivity index (χ2v) is 7.69. The highest BCUT2D eigenvalue weighted by Crippen LogP contribution is 2.53. The van der Waals surface area contributed by atoms with Crippen molar-refractivity contribution in [1.82, 2.24) is 0 Å². The van der Waals surface area contributed by atoms with E-state index in [1.165, 1.54) is 57.8 Å². The van der Waals surface area contributed by atoms with E-state index < -0.39 is 0 Å². The molecule has 3 fully saturated rings. The van der Waals surface area contributed by atoms with E-state index >= 15 is 0 Å². The Kier molecular flexibility index (Phi) is 4.42. The van der Waals surface area contributed by atoms with Crippen LogP contribution in [0.4, 0.5) is 0 Å². The maximum absolute atomic E-state index is 12.2. The van der Waals surface area contributed by atoms with Crippen molar-refractivity contribution < 1.29 is 9.53 Å². The number of carbonyl (C=O) groups excluding carboxylic acids is 1. The van der Waals surface area contributed by atoms with Crippen LogP contribution in [-0.2, 0) is 9.53 Å². The summed E-state index contributed by atoms with van der Waals surface area (Å²) >= 11 is 0. The van der Waals surface area contributed by atoms with E-state index in [-0.39, 0.29) is 11.6 Å². The van der Waals surface area contributed by atoms with Crippen LogP contribution in [0.2, 0.25) is 0 Å². The fraction of sp³-hybridized carbons (Fsp3) is 0.842. The van der Waals surface area contributed by atoms with E-state index in [0.29, 0.717) is 11.5 Å². The van der Waals surface area contributed by atoms with Crippen molar-refractivity contribution in [3.8, 4) is 0 Å². The zero-order chi connectivity index (χ0) is 14.9. The second-order valence-electron chi connectivity index (χ2n) is 7.69. The molecule has 21 heavy (non-hydrogen) atoms. The van der Waals surface area contributed by atoms with E-state index in [9.17, 15) is 4.79 Å². The van der Waals surface area contributed by atoms with Gasteiger partial charge in [-0.2, -0.15) is 0 Å². The van der Waals surface area contributed by atoms with Crippen LogP contribution in [0.1, 0.15) is 77.6 Å². The highest BCUT2D eigenvalue weighted by Gasteiger charge is 2.50. The number of rotatable bonds is 3. The molecule has 0 aromatic rings. The van der Waals surface area contributed by atoms with Gasteiger partial charge in [0.1, 0.15) is 5.60 Å². The van der Waals surface area contributed by atoms with Crippen molar-refractivity contribution in [2.45, 2.75) is 83.2 Å². The first-order valence-corrected chi connectivity index (χ1v) is 9.01. The first-order chi connectivity index (χ1) is 10.1. The summed E-state index contributed by atoms with van der Waals surface area (Å²) in [5.41, 5.74) is 0.397. The monoisotopic (exact) mass is 290 g/mol. The minimum Gasteiger partial charge on any atom is -0.455 e. The molecule has 0 aliphatic heterocycles. The SMILES string of the molecule is C=C(C)C(=O)OC1(C2CCCC3CCCCC32)CCCC1. The van der Waals surface area contributed by atoms with Crippen LogP contribution in [0, 0.1) is 17.8 Å². The minimum absolute atomic E-state index is 0.156. The van der Waals surface area contributed by atoms with Gasteiger partial charge in [-0.1, -0.05) is 38.7 Å². The number of hydrogen-bond acceptors (Lipinski definition) is 2. The second kappa shape index (κ2) is 6.14. The van der Waals surface area contributed by atoms with Crippen molar-refractivity contribution in [2.24, 2.45) is 17.8 Å². The molecule has 0 aromatic carbocycles. The van der Waals surface area contributed by atoms with Crippen LogP contribution in [-0.4, -0.2) is 11.6 Å². The van der Waals surface area contributed by atoms with Crippen LogP contribution < -0.4 is 0 Å². The Morgan fingerprint density at radius 1 is 1.00 bits per heavy atom. The third kappa shape index (κ3) is 2.91. The largest absolute Gasteiger partial charge is 0.455 e. The predicted molar refractivity (Wildman–Crippen MR) is 84.9 cm³/mol. The summed E-state index contributed by atoms with van der Waals surface area (Å²) in [6, 6.07) is 0. The summed E-state index contributed by atoms with van der Waals surface area (Å²) in [4.78, 5) is 12.2. The highest BCUT2D eigenvalue weighted by molar-refractivity contribution is 5.87. The van der Waals surface area contributed by atoms with Gasteiger partial charge in [0.25, 0.3) is 0 Å². The molecule has 3 aliphatic rings. The van der Waals surface area contributed by atoms with Gasteiger partial charge in [-0.3, -0.25) is 0 Å². The van der Waals surface area contributed by atoms with E-state index in [1.54, 1.807) is 6.92 Å². The third-order valence-electron chi connectivity index (χ3n) is 6.34. The number of ether oxygens (including phenoxy) is 1. The maximum atomic E-state index is 12.2. The summed E-state index contributed by atoms with van der Waals surface area (Å²) in [5, 5.41) is 0. The molecule has 3 saturated carbocycles. The van der Waals surface area contributed by atoms with Crippen molar-refractivity contribution in [3.05, 3.63) is 12.2 Å². The smallest absolute Gasteiger partial charge is 0.333 e. The van der Waals surface area contributed by atoms with Gasteiger partial charge in [0, 0.05) is 11.5 Å². The zero-order valence-electron chi connectivity index (χ0n) is 13.5. The summed E-state index contributed by atoms with van der Waals surface area (Å²) < 4.78 is 6.11. The van der Waals surface area contributed by atoms with Gasteiger partial charge in [-0.05, 0) is 57.3 Å². The normalized spacial score (nSPS) is 35.0. The summed E-state index contributed by atoms with van der Waals surface area (Å²) in [7, 11) is 0. The first-order valence-electron chi connectivity index (χ1n) is 9.01. The summed E-state index contributed by atoms with van der Waals surface area (Å²) in [6.45, 7) is 5.55. The Bertz CT molecular complexity index is 404. The lowest BCUT2D eigenvalue weighted by atomic mass is 9.60. The Hall–Kier alpha value is -0.790. The molecule has 0 heterocycles. The van der Waals surface area contributed by atoms with E-state index in [2.05, 4.69) is 6.58 Å². The number of fused-ring (bicyclic) bond motifs is 1. The van der Waals surface area contributed by atoms with Crippen LogP contribution in [0.5, 0.6) is 0 Å². The zero-order valence-corrected chi connectivity index (χ0v) is 13.5. The van der Waals surface area contributed by atoms with Gasteiger partial charge < -0.3 is 4.74 Å². The van der Waals surface area contributed by atoms with Crippen molar-refractivity contribution >= 4 is 5.97 Å². The third-order valence-corrected chi connectivity index (χ3v) is 6.34. The number of hydrogen-bond donors (Lipinski definition) is 0. The van der Waals surface area contributed by atoms with Crippen molar-refractivity contribution in [2.75, 3.05) is 0 Å². The molecule has 3 atom stereocenters. The van der Waals surface area contributed by atoms with E-state index in [1.807, 2.05) is 0 Å². The molecule has 2 heteroatoms. The summed E-state index contributed by atoms with van der Waals surface area (Å²) in [6.07, 6.45) is 14.2. The van der Waals surface area contributed by atoms with Crippen molar-refractivity contribution in [1.29, 1.82) is 0 Å².